The Balaban J connectivity index is 1.66. The van der Waals surface area contributed by atoms with E-state index in [-0.39, 0.29) is 10.6 Å². The molecular weight excluding hydrogens is 292 g/mol. The molecule has 7 heteroatoms. The number of anilines is 1. The minimum absolute atomic E-state index is 0.167. The molecule has 1 fully saturated rings. The van der Waals surface area contributed by atoms with Crippen LogP contribution in [-0.4, -0.2) is 53.5 Å². The second kappa shape index (κ2) is 7.77. The molecule has 2 atom stereocenters. The van der Waals surface area contributed by atoms with Crippen molar-refractivity contribution in [2.75, 3.05) is 31.5 Å². The maximum atomic E-state index is 11.3. The fraction of sp³-hybridized carbons (Fsp3) is 0.714. The van der Waals surface area contributed by atoms with Crippen molar-refractivity contribution in [1.82, 2.24) is 15.1 Å². The summed E-state index contributed by atoms with van der Waals surface area (Å²) in [6.07, 6.45) is 4.28. The summed E-state index contributed by atoms with van der Waals surface area (Å²) < 4.78 is 5.72. The molecule has 0 unspecified atom stereocenters. The van der Waals surface area contributed by atoms with Crippen molar-refractivity contribution in [2.45, 2.75) is 38.9 Å². The van der Waals surface area contributed by atoms with Crippen LogP contribution in [0.4, 0.5) is 5.69 Å². The highest BCUT2D eigenvalue weighted by molar-refractivity contribution is 6.32. The van der Waals surface area contributed by atoms with E-state index in [9.17, 15) is 4.79 Å². The average molecular weight is 315 g/mol. The lowest BCUT2D eigenvalue weighted by Crippen LogP contribution is -2.45. The van der Waals surface area contributed by atoms with Crippen molar-refractivity contribution < 1.29 is 4.74 Å². The van der Waals surface area contributed by atoms with Gasteiger partial charge in [0.25, 0.3) is 5.56 Å². The Bertz CT molecular complexity index is 498. The molecule has 0 radical (unpaired) electrons. The molecule has 1 aliphatic rings. The number of nitrogens with one attached hydrogen (secondary N) is 2. The number of unbranched alkanes of at least 4 members (excludes halogenated alkanes) is 1. The van der Waals surface area contributed by atoms with Gasteiger partial charge in [0.2, 0.25) is 0 Å². The third-order valence-corrected chi connectivity index (χ3v) is 3.88. The highest BCUT2D eigenvalue weighted by Crippen LogP contribution is 2.15. The predicted molar refractivity (Wildman–Crippen MR) is 84.0 cm³/mol. The summed E-state index contributed by atoms with van der Waals surface area (Å²) >= 11 is 5.89. The topological polar surface area (TPSA) is 70.2 Å². The second-order valence-electron chi connectivity index (χ2n) is 5.58. The molecule has 118 valence electrons. The molecule has 0 saturated carbocycles. The fourth-order valence-corrected chi connectivity index (χ4v) is 2.82. The number of halogens is 1. The third kappa shape index (κ3) is 4.98. The first-order valence-corrected chi connectivity index (χ1v) is 7.79. The lowest BCUT2D eigenvalue weighted by atomic mass is 10.2. The molecule has 1 aromatic heterocycles. The number of nitrogens with zero attached hydrogens (tertiary/aromatic N) is 2. The molecule has 1 aromatic rings. The third-order valence-electron chi connectivity index (χ3n) is 3.51. The van der Waals surface area contributed by atoms with Gasteiger partial charge in [-0.25, -0.2) is 5.10 Å². The van der Waals surface area contributed by atoms with Gasteiger partial charge in [-0.3, -0.25) is 9.69 Å². The van der Waals surface area contributed by atoms with Gasteiger partial charge in [-0.2, -0.15) is 5.10 Å². The van der Waals surface area contributed by atoms with Gasteiger partial charge in [0.1, 0.15) is 5.02 Å². The number of rotatable bonds is 6. The summed E-state index contributed by atoms with van der Waals surface area (Å²) in [4.78, 5) is 13.7. The Hall–Kier alpha value is -1.11. The van der Waals surface area contributed by atoms with Crippen molar-refractivity contribution in [3.63, 3.8) is 0 Å². The summed E-state index contributed by atoms with van der Waals surface area (Å²) in [6.45, 7) is 8.09. The van der Waals surface area contributed by atoms with Gasteiger partial charge >= 0.3 is 0 Å². The van der Waals surface area contributed by atoms with Crippen LogP contribution in [0.1, 0.15) is 26.7 Å². The monoisotopic (exact) mass is 314 g/mol. The first-order valence-electron chi connectivity index (χ1n) is 7.41. The quantitative estimate of drug-likeness (QED) is 0.783. The van der Waals surface area contributed by atoms with Crippen LogP contribution in [0, 0.1) is 0 Å². The normalized spacial score (nSPS) is 23.2. The molecule has 6 nitrogen and oxygen atoms in total. The number of aromatic amines is 1. The van der Waals surface area contributed by atoms with E-state index in [1.54, 1.807) is 0 Å². The summed E-state index contributed by atoms with van der Waals surface area (Å²) in [5, 5.41) is 9.34. The average Bonchev–Trinajstić information content (AvgIpc) is 2.42. The van der Waals surface area contributed by atoms with Crippen LogP contribution in [-0.2, 0) is 4.74 Å². The highest BCUT2D eigenvalue weighted by Gasteiger charge is 2.21. The number of hydrogen-bond donors (Lipinski definition) is 2. The van der Waals surface area contributed by atoms with Crippen LogP contribution in [0.2, 0.25) is 5.02 Å². The van der Waals surface area contributed by atoms with Gasteiger partial charge in [-0.15, -0.1) is 0 Å². The van der Waals surface area contributed by atoms with Gasteiger partial charge in [-0.1, -0.05) is 11.6 Å². The van der Waals surface area contributed by atoms with Crippen molar-refractivity contribution in [3.8, 4) is 0 Å². The van der Waals surface area contributed by atoms with Gasteiger partial charge < -0.3 is 10.1 Å². The van der Waals surface area contributed by atoms with E-state index >= 15 is 0 Å². The van der Waals surface area contributed by atoms with Crippen LogP contribution in [0.3, 0.4) is 0 Å². The standard InChI is InChI=1S/C14H23ClN4O2/c1-10-8-19(9-11(2)21-10)6-4-3-5-16-12-7-17-18-14(20)13(12)15/h7,10-11H,3-6,8-9H2,1-2H3,(H2,16,18,20)/t10-,11-/m0/s1. The Morgan fingerprint density at radius 1 is 1.43 bits per heavy atom. The maximum Gasteiger partial charge on any atom is 0.285 e. The zero-order valence-corrected chi connectivity index (χ0v) is 13.3. The molecule has 0 bridgehead atoms. The second-order valence-corrected chi connectivity index (χ2v) is 5.96. The molecule has 1 aliphatic heterocycles. The summed E-state index contributed by atoms with van der Waals surface area (Å²) in [7, 11) is 0. The van der Waals surface area contributed by atoms with Gasteiger partial charge in [0.15, 0.2) is 0 Å². The zero-order chi connectivity index (χ0) is 15.2. The minimum Gasteiger partial charge on any atom is -0.382 e. The number of morpholine rings is 1. The van der Waals surface area contributed by atoms with Crippen molar-refractivity contribution in [1.29, 1.82) is 0 Å². The van der Waals surface area contributed by atoms with Gasteiger partial charge in [-0.05, 0) is 33.2 Å². The maximum absolute atomic E-state index is 11.3. The van der Waals surface area contributed by atoms with Crippen molar-refractivity contribution >= 4 is 17.3 Å². The van der Waals surface area contributed by atoms with E-state index in [1.165, 1.54) is 6.20 Å². The fourth-order valence-electron chi connectivity index (χ4n) is 2.66. The Morgan fingerprint density at radius 2 is 2.14 bits per heavy atom. The smallest absolute Gasteiger partial charge is 0.285 e. The molecule has 0 aromatic carbocycles. The molecular formula is C14H23ClN4O2. The van der Waals surface area contributed by atoms with Gasteiger partial charge in [0, 0.05) is 19.6 Å². The molecule has 0 amide bonds. The zero-order valence-electron chi connectivity index (χ0n) is 12.6. The van der Waals surface area contributed by atoms with Crippen molar-refractivity contribution in [3.05, 3.63) is 21.6 Å². The molecule has 0 spiro atoms. The largest absolute Gasteiger partial charge is 0.382 e. The highest BCUT2D eigenvalue weighted by atomic mass is 35.5. The van der Waals surface area contributed by atoms with Crippen LogP contribution in [0.5, 0.6) is 0 Å². The summed E-state index contributed by atoms with van der Waals surface area (Å²) in [6, 6.07) is 0. The lowest BCUT2D eigenvalue weighted by molar-refractivity contribution is -0.0681. The predicted octanol–water partition coefficient (Wildman–Crippen LogP) is 1.72. The van der Waals surface area contributed by atoms with E-state index in [1.807, 2.05) is 0 Å². The summed E-state index contributed by atoms with van der Waals surface area (Å²) in [5.41, 5.74) is 0.229. The molecule has 0 aliphatic carbocycles. The van der Waals surface area contributed by atoms with E-state index in [4.69, 9.17) is 16.3 Å². The SMILES string of the molecule is C[C@H]1CN(CCCCNc2cn[nH]c(=O)c2Cl)C[C@H](C)O1. The van der Waals surface area contributed by atoms with E-state index in [2.05, 4.69) is 34.3 Å². The van der Waals surface area contributed by atoms with E-state index in [0.29, 0.717) is 17.9 Å². The van der Waals surface area contributed by atoms with Crippen LogP contribution >= 0.6 is 11.6 Å². The first kappa shape index (κ1) is 16.3. The Labute approximate surface area is 129 Å². The number of H-pyrrole nitrogens is 1. The number of ether oxygens (including phenoxy) is 1. The lowest BCUT2D eigenvalue weighted by Gasteiger charge is -2.35. The minimum atomic E-state index is -0.363. The Kier molecular flexibility index (Phi) is 6.02. The molecule has 2 rings (SSSR count). The first-order chi connectivity index (χ1) is 10.1. The van der Waals surface area contributed by atoms with E-state index in [0.717, 1.165) is 39.0 Å². The van der Waals surface area contributed by atoms with Crippen LogP contribution < -0.4 is 10.9 Å². The summed E-state index contributed by atoms with van der Waals surface area (Å²) in [5.74, 6) is 0. The molecule has 1 saturated heterocycles. The number of aromatic nitrogens is 2. The molecule has 2 N–H and O–H groups in total. The van der Waals surface area contributed by atoms with Crippen LogP contribution in [0.25, 0.3) is 0 Å². The van der Waals surface area contributed by atoms with Gasteiger partial charge in [0.05, 0.1) is 24.1 Å². The molecule has 21 heavy (non-hydrogen) atoms. The van der Waals surface area contributed by atoms with Crippen LogP contribution in [0.15, 0.2) is 11.0 Å². The van der Waals surface area contributed by atoms with Crippen molar-refractivity contribution in [2.24, 2.45) is 0 Å². The Morgan fingerprint density at radius 3 is 2.86 bits per heavy atom. The number of hydrogen-bond acceptors (Lipinski definition) is 5. The molecule has 2 heterocycles. The van der Waals surface area contributed by atoms with E-state index < -0.39 is 0 Å².